The number of ether oxygens (including phenoxy) is 1. The van der Waals surface area contributed by atoms with E-state index in [1.165, 1.54) is 24.3 Å². The third-order valence-electron chi connectivity index (χ3n) is 6.01. The lowest BCUT2D eigenvalue weighted by atomic mass is 10.0. The predicted octanol–water partition coefficient (Wildman–Crippen LogP) is 6.47. The van der Waals surface area contributed by atoms with Crippen molar-refractivity contribution in [2.75, 3.05) is 6.61 Å². The molecule has 174 valence electrons. The van der Waals surface area contributed by atoms with Crippen molar-refractivity contribution in [2.24, 2.45) is 0 Å². The first-order chi connectivity index (χ1) is 16.4. The van der Waals surface area contributed by atoms with Gasteiger partial charge in [0.25, 0.3) is 0 Å². The monoisotopic (exact) mass is 467 g/mol. The highest BCUT2D eigenvalue weighted by molar-refractivity contribution is 5.79. The van der Waals surface area contributed by atoms with Crippen molar-refractivity contribution in [2.45, 2.75) is 31.7 Å². The van der Waals surface area contributed by atoms with Gasteiger partial charge in [0.15, 0.2) is 0 Å². The average Bonchev–Trinajstić information content (AvgIpc) is 3.40. The van der Waals surface area contributed by atoms with E-state index >= 15 is 0 Å². The van der Waals surface area contributed by atoms with E-state index in [1.54, 1.807) is 30.6 Å². The maximum Gasteiger partial charge on any atom is 0.416 e. The Hall–Kier alpha value is -3.52. The van der Waals surface area contributed by atoms with Crippen LogP contribution in [0, 0.1) is 5.82 Å². The zero-order chi connectivity index (χ0) is 23.7. The van der Waals surface area contributed by atoms with E-state index in [2.05, 4.69) is 9.55 Å². The van der Waals surface area contributed by atoms with Gasteiger partial charge < -0.3 is 9.30 Å². The summed E-state index contributed by atoms with van der Waals surface area (Å²) in [6, 6.07) is 15.3. The lowest BCUT2D eigenvalue weighted by Gasteiger charge is -2.19. The van der Waals surface area contributed by atoms with Gasteiger partial charge >= 0.3 is 6.18 Å². The highest BCUT2D eigenvalue weighted by Gasteiger charge is 2.33. The van der Waals surface area contributed by atoms with Crippen molar-refractivity contribution in [3.63, 3.8) is 0 Å². The van der Waals surface area contributed by atoms with E-state index in [1.807, 2.05) is 12.1 Å². The first-order valence-electron chi connectivity index (χ1n) is 10.9. The second-order valence-electron chi connectivity index (χ2n) is 8.20. The fourth-order valence-corrected chi connectivity index (χ4v) is 4.45. The summed E-state index contributed by atoms with van der Waals surface area (Å²) < 4.78 is 61.3. The molecular weight excluding hydrogens is 446 g/mol. The van der Waals surface area contributed by atoms with Crippen molar-refractivity contribution >= 4 is 0 Å². The van der Waals surface area contributed by atoms with Crippen LogP contribution in [0.1, 0.15) is 29.4 Å². The topological polar surface area (TPSA) is 39.9 Å². The summed E-state index contributed by atoms with van der Waals surface area (Å²) in [6.07, 6.45) is 0.442. The quantitative estimate of drug-likeness (QED) is 0.305. The Labute approximate surface area is 193 Å². The number of pyridine rings is 1. The van der Waals surface area contributed by atoms with Gasteiger partial charge in [-0.15, -0.1) is 0 Å². The summed E-state index contributed by atoms with van der Waals surface area (Å²) in [4.78, 5) is 8.94. The Morgan fingerprint density at radius 2 is 1.68 bits per heavy atom. The third kappa shape index (κ3) is 4.33. The lowest BCUT2D eigenvalue weighted by molar-refractivity contribution is -0.138. The number of halogens is 4. The van der Waals surface area contributed by atoms with Gasteiger partial charge in [-0.25, -0.2) is 9.37 Å². The summed E-state index contributed by atoms with van der Waals surface area (Å²) >= 11 is 0. The van der Waals surface area contributed by atoms with Crippen LogP contribution in [0.15, 0.2) is 73.1 Å². The normalized spacial score (nSPS) is 15.5. The average molecular weight is 467 g/mol. The molecule has 0 bridgehead atoms. The molecule has 0 radical (unpaired) electrons. The minimum absolute atomic E-state index is 0.0853. The maximum atomic E-state index is 13.5. The Morgan fingerprint density at radius 3 is 2.41 bits per heavy atom. The van der Waals surface area contributed by atoms with Gasteiger partial charge in [-0.05, 0) is 54.4 Å². The molecule has 0 amide bonds. The Kier molecular flexibility index (Phi) is 5.91. The van der Waals surface area contributed by atoms with Crippen LogP contribution in [0.2, 0.25) is 0 Å². The molecule has 0 saturated heterocycles. The van der Waals surface area contributed by atoms with Crippen LogP contribution in [0.25, 0.3) is 22.5 Å². The molecule has 4 aromatic rings. The van der Waals surface area contributed by atoms with E-state index in [4.69, 9.17) is 9.72 Å². The molecule has 0 spiro atoms. The second-order valence-corrected chi connectivity index (χ2v) is 8.20. The van der Waals surface area contributed by atoms with Crippen molar-refractivity contribution in [3.8, 4) is 22.5 Å². The van der Waals surface area contributed by atoms with E-state index in [0.717, 1.165) is 40.8 Å². The number of rotatable bonds is 6. The Bertz CT molecular complexity index is 1280. The lowest BCUT2D eigenvalue weighted by Crippen LogP contribution is -2.15. The smallest absolute Gasteiger partial charge is 0.375 e. The largest absolute Gasteiger partial charge is 0.416 e. The number of nitrogens with zero attached hydrogens (tertiary/aromatic N) is 3. The molecule has 2 aromatic carbocycles. The van der Waals surface area contributed by atoms with Crippen LogP contribution in [0.4, 0.5) is 17.6 Å². The third-order valence-corrected chi connectivity index (χ3v) is 6.01. The first kappa shape index (κ1) is 22.3. The summed E-state index contributed by atoms with van der Waals surface area (Å²) in [7, 11) is 0. The molecule has 1 aliphatic heterocycles. The van der Waals surface area contributed by atoms with Gasteiger partial charge in [0.1, 0.15) is 11.6 Å². The number of hydrogen-bond acceptors (Lipinski definition) is 3. The summed E-state index contributed by atoms with van der Waals surface area (Å²) in [5, 5.41) is 0. The minimum Gasteiger partial charge on any atom is -0.375 e. The molecule has 1 atom stereocenters. The number of hydrogen-bond donors (Lipinski definition) is 0. The predicted molar refractivity (Wildman–Crippen MR) is 119 cm³/mol. The Balaban J connectivity index is 1.44. The molecule has 0 aliphatic carbocycles. The number of aryl methyl sites for hydroxylation is 1. The van der Waals surface area contributed by atoms with Gasteiger partial charge in [0.2, 0.25) is 0 Å². The van der Waals surface area contributed by atoms with Crippen molar-refractivity contribution < 1.29 is 22.3 Å². The van der Waals surface area contributed by atoms with Gasteiger partial charge in [-0.2, -0.15) is 13.2 Å². The molecule has 0 N–H and O–H groups in total. The van der Waals surface area contributed by atoms with Crippen LogP contribution in [0.3, 0.4) is 0 Å². The van der Waals surface area contributed by atoms with E-state index in [9.17, 15) is 17.6 Å². The van der Waals surface area contributed by atoms with Crippen LogP contribution < -0.4 is 0 Å². The molecule has 2 aromatic heterocycles. The highest BCUT2D eigenvalue weighted by atomic mass is 19.4. The molecule has 0 fully saturated rings. The van der Waals surface area contributed by atoms with Crippen molar-refractivity contribution in [1.82, 2.24) is 14.5 Å². The fraction of sp³-hybridized carbons (Fsp3) is 0.231. The summed E-state index contributed by atoms with van der Waals surface area (Å²) in [5.41, 5.74) is 2.72. The van der Waals surface area contributed by atoms with Gasteiger partial charge in [0, 0.05) is 29.9 Å². The molecule has 0 unspecified atom stereocenters. The number of aromatic nitrogens is 3. The molecular formula is C26H21F4N3O. The van der Waals surface area contributed by atoms with Gasteiger partial charge in [-0.1, -0.05) is 18.2 Å². The number of benzene rings is 2. The summed E-state index contributed by atoms with van der Waals surface area (Å²) in [6.45, 7) is 0.113. The van der Waals surface area contributed by atoms with Crippen LogP contribution >= 0.6 is 0 Å². The zero-order valence-electron chi connectivity index (χ0n) is 18.1. The molecule has 1 aliphatic rings. The molecule has 0 saturated carbocycles. The number of fused-ring (bicyclic) bond motifs is 1. The molecule has 3 heterocycles. The van der Waals surface area contributed by atoms with Crippen LogP contribution in [-0.4, -0.2) is 21.1 Å². The minimum atomic E-state index is -4.43. The SMILES string of the molecule is Fc1ccc(-c2nc3n(c2-c2ccncc2)[C@H](COCc2ccccc2C(F)(F)F)CC3)cc1. The molecule has 8 heteroatoms. The van der Waals surface area contributed by atoms with Crippen LogP contribution in [-0.2, 0) is 23.9 Å². The maximum absolute atomic E-state index is 13.5. The number of imidazole rings is 1. The van der Waals surface area contributed by atoms with E-state index in [-0.39, 0.29) is 30.6 Å². The second kappa shape index (κ2) is 9.02. The first-order valence-corrected chi connectivity index (χ1v) is 10.9. The Morgan fingerprint density at radius 1 is 0.941 bits per heavy atom. The molecule has 5 rings (SSSR count). The van der Waals surface area contributed by atoms with Crippen LogP contribution in [0.5, 0.6) is 0 Å². The van der Waals surface area contributed by atoms with E-state index < -0.39 is 11.7 Å². The molecule has 34 heavy (non-hydrogen) atoms. The van der Waals surface area contributed by atoms with Crippen molar-refractivity contribution in [1.29, 1.82) is 0 Å². The summed E-state index contributed by atoms with van der Waals surface area (Å²) in [5.74, 6) is 0.543. The number of alkyl halides is 3. The van der Waals surface area contributed by atoms with Gasteiger partial charge in [-0.3, -0.25) is 4.98 Å². The standard InChI is InChI=1S/C26H21F4N3O/c27-20-7-5-17(6-8-20)24-25(18-11-13-31-14-12-18)33-21(9-10-23(33)32-24)16-34-15-19-3-1-2-4-22(19)26(28,29)30/h1-8,11-14,21H,9-10,15-16H2/t21-/m0/s1. The van der Waals surface area contributed by atoms with Gasteiger partial charge in [0.05, 0.1) is 36.2 Å². The molecule has 4 nitrogen and oxygen atoms in total. The van der Waals surface area contributed by atoms with Crippen molar-refractivity contribution in [3.05, 3.63) is 95.8 Å². The van der Waals surface area contributed by atoms with E-state index in [0.29, 0.717) is 6.42 Å². The fourth-order valence-electron chi connectivity index (χ4n) is 4.45. The zero-order valence-corrected chi connectivity index (χ0v) is 18.1. The highest BCUT2D eigenvalue weighted by Crippen LogP contribution is 2.40.